The van der Waals surface area contributed by atoms with Crippen LogP contribution in [-0.2, 0) is 0 Å². The second kappa shape index (κ2) is 5.00. The quantitative estimate of drug-likeness (QED) is 0.892. The zero-order chi connectivity index (χ0) is 12.5. The summed E-state index contributed by atoms with van der Waals surface area (Å²) in [5.41, 5.74) is 1.47. The number of nitrogens with one attached hydrogen (secondary N) is 1. The fourth-order valence-corrected chi connectivity index (χ4v) is 4.12. The summed E-state index contributed by atoms with van der Waals surface area (Å²) in [4.78, 5) is 4.13. The van der Waals surface area contributed by atoms with Crippen LogP contribution in [0.15, 0.2) is 24.3 Å². The van der Waals surface area contributed by atoms with Crippen molar-refractivity contribution >= 4 is 21.4 Å². The molecule has 0 bridgehead atoms. The topological polar surface area (TPSA) is 15.3 Å². The highest BCUT2D eigenvalue weighted by atomic mass is 32.1. The SMILES string of the molecule is Cc1c(C(C)N2CCNCC2)sc2ccccc12. The molecule has 1 aliphatic rings. The molecule has 1 fully saturated rings. The van der Waals surface area contributed by atoms with Gasteiger partial charge in [-0.25, -0.2) is 0 Å². The third-order valence-corrected chi connectivity index (χ3v) is 5.40. The molecule has 0 radical (unpaired) electrons. The molecule has 2 heterocycles. The highest BCUT2D eigenvalue weighted by molar-refractivity contribution is 7.19. The number of thiophene rings is 1. The molecule has 18 heavy (non-hydrogen) atoms. The summed E-state index contributed by atoms with van der Waals surface area (Å²) < 4.78 is 1.42. The van der Waals surface area contributed by atoms with Crippen LogP contribution in [0.3, 0.4) is 0 Å². The molecule has 1 N–H and O–H groups in total. The summed E-state index contributed by atoms with van der Waals surface area (Å²) in [7, 11) is 0. The lowest BCUT2D eigenvalue weighted by Gasteiger charge is -2.32. The van der Waals surface area contributed by atoms with E-state index in [1.807, 2.05) is 11.3 Å². The lowest BCUT2D eigenvalue weighted by atomic mass is 10.1. The van der Waals surface area contributed by atoms with Crippen LogP contribution in [0.1, 0.15) is 23.4 Å². The molecule has 1 aromatic heterocycles. The lowest BCUT2D eigenvalue weighted by molar-refractivity contribution is 0.187. The number of nitrogens with zero attached hydrogens (tertiary/aromatic N) is 1. The Morgan fingerprint density at radius 3 is 2.67 bits per heavy atom. The van der Waals surface area contributed by atoms with Gasteiger partial charge in [-0.05, 0) is 30.9 Å². The maximum absolute atomic E-state index is 3.42. The van der Waals surface area contributed by atoms with Gasteiger partial charge in [-0.15, -0.1) is 11.3 Å². The molecule has 1 saturated heterocycles. The van der Waals surface area contributed by atoms with Crippen molar-refractivity contribution in [1.29, 1.82) is 0 Å². The van der Waals surface area contributed by atoms with E-state index in [1.165, 1.54) is 20.5 Å². The van der Waals surface area contributed by atoms with Crippen molar-refractivity contribution in [3.8, 4) is 0 Å². The standard InChI is InChI=1S/C15H20N2S/c1-11-13-5-3-4-6-14(13)18-15(11)12(2)17-9-7-16-8-10-17/h3-6,12,16H,7-10H2,1-2H3. The van der Waals surface area contributed by atoms with E-state index in [-0.39, 0.29) is 0 Å². The molecule has 1 atom stereocenters. The molecule has 1 aliphatic heterocycles. The molecule has 0 aliphatic carbocycles. The molecule has 2 nitrogen and oxygen atoms in total. The summed E-state index contributed by atoms with van der Waals surface area (Å²) in [6, 6.07) is 9.30. The summed E-state index contributed by atoms with van der Waals surface area (Å²) in [6.07, 6.45) is 0. The van der Waals surface area contributed by atoms with E-state index in [9.17, 15) is 0 Å². The first-order valence-corrected chi connectivity index (χ1v) is 7.52. The minimum absolute atomic E-state index is 0.546. The summed E-state index contributed by atoms with van der Waals surface area (Å²) in [6.45, 7) is 9.18. The van der Waals surface area contributed by atoms with Crippen LogP contribution in [0.4, 0.5) is 0 Å². The van der Waals surface area contributed by atoms with Crippen LogP contribution in [0.2, 0.25) is 0 Å². The Bertz CT molecular complexity index is 540. The van der Waals surface area contributed by atoms with Gasteiger partial charge in [0.2, 0.25) is 0 Å². The molecule has 3 rings (SSSR count). The molecule has 1 unspecified atom stereocenters. The molecule has 0 spiro atoms. The fourth-order valence-electron chi connectivity index (χ4n) is 2.83. The Kier molecular flexibility index (Phi) is 3.37. The van der Waals surface area contributed by atoms with Crippen LogP contribution in [0, 0.1) is 6.92 Å². The Morgan fingerprint density at radius 1 is 1.22 bits per heavy atom. The van der Waals surface area contributed by atoms with Gasteiger partial charge in [-0.1, -0.05) is 18.2 Å². The van der Waals surface area contributed by atoms with Gasteiger partial charge in [0.05, 0.1) is 0 Å². The lowest BCUT2D eigenvalue weighted by Crippen LogP contribution is -2.44. The Hall–Kier alpha value is -0.900. The van der Waals surface area contributed by atoms with Gasteiger partial charge in [0, 0.05) is 41.8 Å². The maximum atomic E-state index is 3.42. The van der Waals surface area contributed by atoms with E-state index in [1.54, 1.807) is 0 Å². The third-order valence-electron chi connectivity index (χ3n) is 3.96. The Labute approximate surface area is 113 Å². The van der Waals surface area contributed by atoms with Gasteiger partial charge in [0.25, 0.3) is 0 Å². The van der Waals surface area contributed by atoms with Crippen molar-refractivity contribution in [2.24, 2.45) is 0 Å². The zero-order valence-electron chi connectivity index (χ0n) is 11.1. The second-order valence-corrected chi connectivity index (χ2v) is 6.13. The van der Waals surface area contributed by atoms with E-state index in [0.717, 1.165) is 26.2 Å². The fraction of sp³-hybridized carbons (Fsp3) is 0.467. The number of hydrogen-bond donors (Lipinski definition) is 1. The number of benzene rings is 1. The van der Waals surface area contributed by atoms with Crippen molar-refractivity contribution in [2.45, 2.75) is 19.9 Å². The first-order chi connectivity index (χ1) is 8.77. The number of rotatable bonds is 2. The number of piperazine rings is 1. The number of hydrogen-bond acceptors (Lipinski definition) is 3. The molecule has 96 valence electrons. The second-order valence-electron chi connectivity index (χ2n) is 5.05. The number of fused-ring (bicyclic) bond motifs is 1. The van der Waals surface area contributed by atoms with E-state index < -0.39 is 0 Å². The monoisotopic (exact) mass is 260 g/mol. The summed E-state index contributed by atoms with van der Waals surface area (Å²) >= 11 is 1.96. The average Bonchev–Trinajstić information content (AvgIpc) is 2.77. The summed E-state index contributed by atoms with van der Waals surface area (Å²) in [5.74, 6) is 0. The first-order valence-electron chi connectivity index (χ1n) is 6.70. The normalized spacial score (nSPS) is 19.2. The smallest absolute Gasteiger partial charge is 0.0417 e. The molecule has 3 heteroatoms. The zero-order valence-corrected chi connectivity index (χ0v) is 11.9. The third kappa shape index (κ3) is 2.07. The van der Waals surface area contributed by atoms with E-state index in [0.29, 0.717) is 6.04 Å². The highest BCUT2D eigenvalue weighted by Gasteiger charge is 2.21. The predicted molar refractivity (Wildman–Crippen MR) is 79.4 cm³/mol. The molecule has 0 saturated carbocycles. The first kappa shape index (κ1) is 12.2. The van der Waals surface area contributed by atoms with Gasteiger partial charge in [0.15, 0.2) is 0 Å². The molecular formula is C15H20N2S. The van der Waals surface area contributed by atoms with E-state index >= 15 is 0 Å². The van der Waals surface area contributed by atoms with Crippen LogP contribution in [0.25, 0.3) is 10.1 Å². The molecule has 1 aromatic carbocycles. The van der Waals surface area contributed by atoms with Crippen molar-refractivity contribution in [1.82, 2.24) is 10.2 Å². The summed E-state index contributed by atoms with van der Waals surface area (Å²) in [5, 5.41) is 4.85. The van der Waals surface area contributed by atoms with Crippen LogP contribution >= 0.6 is 11.3 Å². The van der Waals surface area contributed by atoms with Gasteiger partial charge < -0.3 is 5.32 Å². The van der Waals surface area contributed by atoms with Crippen LogP contribution in [-0.4, -0.2) is 31.1 Å². The molecule has 2 aromatic rings. The van der Waals surface area contributed by atoms with Crippen molar-refractivity contribution < 1.29 is 0 Å². The Morgan fingerprint density at radius 2 is 1.94 bits per heavy atom. The van der Waals surface area contributed by atoms with E-state index in [2.05, 4.69) is 48.3 Å². The predicted octanol–water partition coefficient (Wildman–Crippen LogP) is 3.18. The van der Waals surface area contributed by atoms with Gasteiger partial charge in [-0.3, -0.25) is 4.90 Å². The Balaban J connectivity index is 1.95. The van der Waals surface area contributed by atoms with Gasteiger partial charge in [0.1, 0.15) is 0 Å². The van der Waals surface area contributed by atoms with Crippen molar-refractivity contribution in [3.63, 3.8) is 0 Å². The van der Waals surface area contributed by atoms with Crippen molar-refractivity contribution in [3.05, 3.63) is 34.7 Å². The molecular weight excluding hydrogens is 240 g/mol. The maximum Gasteiger partial charge on any atom is 0.0417 e. The van der Waals surface area contributed by atoms with Gasteiger partial charge >= 0.3 is 0 Å². The molecule has 0 amide bonds. The minimum atomic E-state index is 0.546. The average molecular weight is 260 g/mol. The van der Waals surface area contributed by atoms with Crippen molar-refractivity contribution in [2.75, 3.05) is 26.2 Å². The van der Waals surface area contributed by atoms with E-state index in [4.69, 9.17) is 0 Å². The van der Waals surface area contributed by atoms with Gasteiger partial charge in [-0.2, -0.15) is 0 Å². The van der Waals surface area contributed by atoms with Crippen LogP contribution < -0.4 is 5.32 Å². The largest absolute Gasteiger partial charge is 0.314 e. The van der Waals surface area contributed by atoms with Crippen LogP contribution in [0.5, 0.6) is 0 Å². The minimum Gasteiger partial charge on any atom is -0.314 e. The highest BCUT2D eigenvalue weighted by Crippen LogP contribution is 2.36. The number of aryl methyl sites for hydroxylation is 1.